The molecule has 2 heterocycles. The Balaban J connectivity index is 1.53. The van der Waals surface area contributed by atoms with Crippen LogP contribution in [-0.2, 0) is 4.74 Å². The van der Waals surface area contributed by atoms with Crippen molar-refractivity contribution in [2.45, 2.75) is 32.4 Å². The van der Waals surface area contributed by atoms with Crippen molar-refractivity contribution >= 4 is 52.4 Å². The first-order chi connectivity index (χ1) is 16.6. The summed E-state index contributed by atoms with van der Waals surface area (Å²) in [6.07, 6.45) is 3.69. The third kappa shape index (κ3) is 6.32. The van der Waals surface area contributed by atoms with Gasteiger partial charge in [0, 0.05) is 16.9 Å². The van der Waals surface area contributed by atoms with Crippen molar-refractivity contribution in [3.05, 3.63) is 76.4 Å². The maximum atomic E-state index is 14.3. The number of benzene rings is 2. The minimum absolute atomic E-state index is 0.0467. The lowest BCUT2D eigenvalue weighted by molar-refractivity contribution is 0.0512. The Hall–Kier alpha value is -3.56. The molecule has 1 amide bonds. The van der Waals surface area contributed by atoms with Crippen LogP contribution in [0.5, 0.6) is 5.75 Å². The lowest BCUT2D eigenvalue weighted by Crippen LogP contribution is -2.35. The quantitative estimate of drug-likeness (QED) is 0.339. The molecule has 0 fully saturated rings. The molecule has 3 aromatic rings. The van der Waals surface area contributed by atoms with Gasteiger partial charge in [-0.2, -0.15) is 4.98 Å². The van der Waals surface area contributed by atoms with E-state index in [0.717, 1.165) is 6.20 Å². The molecule has 4 rings (SSSR count). The molecule has 182 valence electrons. The number of halogens is 3. The topological polar surface area (TPSA) is 97.4 Å². The second-order valence-corrected chi connectivity index (χ2v) is 9.41. The number of carbonyl (C=O) groups excluding carboxylic acids is 1. The zero-order valence-corrected chi connectivity index (χ0v) is 20.5. The van der Waals surface area contributed by atoms with Gasteiger partial charge in [0.15, 0.2) is 11.6 Å². The van der Waals surface area contributed by atoms with Gasteiger partial charge in [-0.3, -0.25) is 0 Å². The molecule has 1 atom stereocenters. The van der Waals surface area contributed by atoms with Crippen LogP contribution in [-0.4, -0.2) is 21.7 Å². The average molecular weight is 518 g/mol. The Bertz CT molecular complexity index is 1300. The number of carbonyl (C=O) groups is 1. The van der Waals surface area contributed by atoms with Crippen molar-refractivity contribution in [3.63, 3.8) is 0 Å². The summed E-state index contributed by atoms with van der Waals surface area (Å²) in [5.74, 6) is 0.0285. The maximum Gasteiger partial charge on any atom is 0.408 e. The minimum Gasteiger partial charge on any atom is -0.465 e. The molecule has 11 heteroatoms. The van der Waals surface area contributed by atoms with Crippen LogP contribution in [0.3, 0.4) is 0 Å². The molecule has 1 aromatic heterocycles. The SMILES string of the molecule is CC(C)(C)OC(=O)NC1C=COc2ccc(Nc3ncc(F)c(Nc4ccc(Cl)c(Cl)c4)n3)cc21. The van der Waals surface area contributed by atoms with E-state index in [1.165, 1.54) is 6.26 Å². The zero-order valence-electron chi connectivity index (χ0n) is 19.0. The molecule has 1 aliphatic heterocycles. The van der Waals surface area contributed by atoms with Crippen molar-refractivity contribution in [3.8, 4) is 5.75 Å². The second kappa shape index (κ2) is 9.97. The predicted molar refractivity (Wildman–Crippen MR) is 133 cm³/mol. The van der Waals surface area contributed by atoms with Crippen LogP contribution < -0.4 is 20.7 Å². The first-order valence-corrected chi connectivity index (χ1v) is 11.3. The largest absolute Gasteiger partial charge is 0.465 e. The second-order valence-electron chi connectivity index (χ2n) is 8.59. The van der Waals surface area contributed by atoms with Gasteiger partial charge in [0.05, 0.1) is 28.5 Å². The number of anilines is 4. The number of amides is 1. The molecule has 2 aromatic carbocycles. The van der Waals surface area contributed by atoms with Crippen molar-refractivity contribution in [2.24, 2.45) is 0 Å². The maximum absolute atomic E-state index is 14.3. The summed E-state index contributed by atoms with van der Waals surface area (Å²) in [5.41, 5.74) is 1.18. The van der Waals surface area contributed by atoms with E-state index in [0.29, 0.717) is 32.7 Å². The average Bonchev–Trinajstić information content (AvgIpc) is 2.78. The predicted octanol–water partition coefficient (Wildman–Crippen LogP) is 6.88. The minimum atomic E-state index is -0.646. The summed E-state index contributed by atoms with van der Waals surface area (Å²) in [6, 6.07) is 9.60. The lowest BCUT2D eigenvalue weighted by Gasteiger charge is -2.25. The summed E-state index contributed by atoms with van der Waals surface area (Å²) >= 11 is 12.0. The van der Waals surface area contributed by atoms with Crippen LogP contribution in [0.1, 0.15) is 32.4 Å². The van der Waals surface area contributed by atoms with Gasteiger partial charge in [-0.1, -0.05) is 23.2 Å². The van der Waals surface area contributed by atoms with Gasteiger partial charge < -0.3 is 25.4 Å². The van der Waals surface area contributed by atoms with Crippen LogP contribution in [0, 0.1) is 5.82 Å². The summed E-state index contributed by atoms with van der Waals surface area (Å²) in [7, 11) is 0. The Morgan fingerprint density at radius 2 is 1.83 bits per heavy atom. The summed E-state index contributed by atoms with van der Waals surface area (Å²) in [4.78, 5) is 20.5. The summed E-state index contributed by atoms with van der Waals surface area (Å²) < 4.78 is 25.2. The first kappa shape index (κ1) is 24.6. The highest BCUT2D eigenvalue weighted by atomic mass is 35.5. The normalized spacial score (nSPS) is 14.5. The lowest BCUT2D eigenvalue weighted by atomic mass is 10.0. The van der Waals surface area contributed by atoms with E-state index in [1.54, 1.807) is 63.2 Å². The van der Waals surface area contributed by atoms with E-state index in [2.05, 4.69) is 25.9 Å². The smallest absolute Gasteiger partial charge is 0.408 e. The standard InChI is InChI=1S/C24H22Cl2FN5O3/c1-24(2,3)35-23(33)31-19-8-9-34-20-7-5-13(10-15(19)20)30-22-28-12-18(27)21(32-22)29-14-4-6-16(25)17(26)11-14/h4-12,19H,1-3H3,(H,31,33)(H2,28,29,30,32). The number of ether oxygens (including phenoxy) is 2. The zero-order chi connectivity index (χ0) is 25.2. The van der Waals surface area contributed by atoms with Gasteiger partial charge in [-0.05, 0) is 63.2 Å². The van der Waals surface area contributed by atoms with E-state index in [4.69, 9.17) is 32.7 Å². The van der Waals surface area contributed by atoms with Crippen LogP contribution in [0.4, 0.5) is 32.3 Å². The number of alkyl carbamates (subject to hydrolysis) is 1. The fourth-order valence-corrected chi connectivity index (χ4v) is 3.48. The van der Waals surface area contributed by atoms with Crippen LogP contribution in [0.25, 0.3) is 0 Å². The number of hydrogen-bond donors (Lipinski definition) is 3. The number of nitrogens with one attached hydrogen (secondary N) is 3. The fourth-order valence-electron chi connectivity index (χ4n) is 3.19. The van der Waals surface area contributed by atoms with Gasteiger partial charge in [0.2, 0.25) is 5.95 Å². The number of hydrogen-bond acceptors (Lipinski definition) is 7. The van der Waals surface area contributed by atoms with Crippen LogP contribution >= 0.6 is 23.2 Å². The molecular formula is C24H22Cl2FN5O3. The Morgan fingerprint density at radius 1 is 1.09 bits per heavy atom. The van der Waals surface area contributed by atoms with E-state index < -0.39 is 23.6 Å². The molecule has 0 saturated heterocycles. The molecular weight excluding hydrogens is 496 g/mol. The molecule has 35 heavy (non-hydrogen) atoms. The monoisotopic (exact) mass is 517 g/mol. The van der Waals surface area contributed by atoms with E-state index >= 15 is 0 Å². The number of fused-ring (bicyclic) bond motifs is 1. The Kier molecular flexibility index (Phi) is 7.00. The molecule has 0 saturated carbocycles. The van der Waals surface area contributed by atoms with Crippen LogP contribution in [0.15, 0.2) is 54.9 Å². The number of nitrogens with zero attached hydrogens (tertiary/aromatic N) is 2. The van der Waals surface area contributed by atoms with Gasteiger partial charge in [-0.15, -0.1) is 0 Å². The number of aromatic nitrogens is 2. The molecule has 0 radical (unpaired) electrons. The molecule has 0 bridgehead atoms. The van der Waals surface area contributed by atoms with E-state index in [9.17, 15) is 9.18 Å². The van der Waals surface area contributed by atoms with Crippen LogP contribution in [0.2, 0.25) is 10.0 Å². The van der Waals surface area contributed by atoms with Crippen molar-refractivity contribution < 1.29 is 18.7 Å². The van der Waals surface area contributed by atoms with Gasteiger partial charge in [0.25, 0.3) is 0 Å². The van der Waals surface area contributed by atoms with Gasteiger partial charge in [-0.25, -0.2) is 14.2 Å². The third-order valence-electron chi connectivity index (χ3n) is 4.67. The highest BCUT2D eigenvalue weighted by molar-refractivity contribution is 6.42. The Morgan fingerprint density at radius 3 is 2.57 bits per heavy atom. The highest BCUT2D eigenvalue weighted by Gasteiger charge is 2.23. The number of rotatable bonds is 5. The van der Waals surface area contributed by atoms with Crippen molar-refractivity contribution in [1.82, 2.24) is 15.3 Å². The van der Waals surface area contributed by atoms with Crippen molar-refractivity contribution in [2.75, 3.05) is 10.6 Å². The third-order valence-corrected chi connectivity index (χ3v) is 5.40. The molecule has 0 spiro atoms. The molecule has 1 aliphatic rings. The van der Waals surface area contributed by atoms with Gasteiger partial charge >= 0.3 is 6.09 Å². The molecule has 1 unspecified atom stereocenters. The van der Waals surface area contributed by atoms with E-state index in [-0.39, 0.29) is 11.8 Å². The summed E-state index contributed by atoms with van der Waals surface area (Å²) in [5, 5.41) is 9.42. The van der Waals surface area contributed by atoms with Crippen molar-refractivity contribution in [1.29, 1.82) is 0 Å². The Labute approximate surface area is 211 Å². The highest BCUT2D eigenvalue weighted by Crippen LogP contribution is 2.34. The summed E-state index contributed by atoms with van der Waals surface area (Å²) in [6.45, 7) is 5.36. The van der Waals surface area contributed by atoms with Gasteiger partial charge in [0.1, 0.15) is 11.4 Å². The fraction of sp³-hybridized carbons (Fsp3) is 0.208. The molecule has 3 N–H and O–H groups in total. The first-order valence-electron chi connectivity index (χ1n) is 10.6. The molecule has 8 nitrogen and oxygen atoms in total. The molecule has 0 aliphatic carbocycles. The van der Waals surface area contributed by atoms with E-state index in [1.807, 2.05) is 0 Å².